The van der Waals surface area contributed by atoms with Crippen molar-refractivity contribution >= 4 is 11.8 Å². The molecule has 3 aromatic rings. The van der Waals surface area contributed by atoms with Crippen LogP contribution in [0.2, 0.25) is 0 Å². The number of aryl methyl sites for hydroxylation is 2. The number of aromatic nitrogens is 4. The highest BCUT2D eigenvalue weighted by Crippen LogP contribution is 2.26. The molecule has 0 unspecified atom stereocenters. The molecule has 0 N–H and O–H groups in total. The summed E-state index contributed by atoms with van der Waals surface area (Å²) in [6.45, 7) is 3.97. The minimum Gasteiger partial charge on any atom is -0.361 e. The van der Waals surface area contributed by atoms with Gasteiger partial charge >= 0.3 is 0 Å². The van der Waals surface area contributed by atoms with Crippen molar-refractivity contribution in [2.45, 2.75) is 24.8 Å². The molecule has 0 saturated heterocycles. The van der Waals surface area contributed by atoms with Crippen molar-refractivity contribution in [3.63, 3.8) is 0 Å². The van der Waals surface area contributed by atoms with Crippen LogP contribution in [0.1, 0.15) is 17.0 Å². The number of nitrogens with zero attached hydrogens (tertiary/aromatic N) is 4. The van der Waals surface area contributed by atoms with Gasteiger partial charge < -0.3 is 9.09 Å². The summed E-state index contributed by atoms with van der Waals surface area (Å²) in [5.74, 6) is 2.42. The van der Waals surface area contributed by atoms with Gasteiger partial charge in [0, 0.05) is 24.4 Å². The molecule has 1 aromatic carbocycles. The third kappa shape index (κ3) is 2.85. The van der Waals surface area contributed by atoms with Crippen LogP contribution in [-0.4, -0.2) is 19.9 Å². The predicted molar refractivity (Wildman–Crippen MR) is 82.0 cm³/mol. The van der Waals surface area contributed by atoms with Gasteiger partial charge in [-0.2, -0.15) is 0 Å². The molecule has 21 heavy (non-hydrogen) atoms. The molecule has 6 heteroatoms. The fourth-order valence-electron chi connectivity index (χ4n) is 2.12. The second kappa shape index (κ2) is 5.73. The number of hydrogen-bond donors (Lipinski definition) is 0. The highest BCUT2D eigenvalue weighted by Gasteiger charge is 2.13. The fourth-order valence-corrected chi connectivity index (χ4v) is 2.92. The zero-order valence-corrected chi connectivity index (χ0v) is 13.0. The van der Waals surface area contributed by atoms with Gasteiger partial charge in [-0.3, -0.25) is 0 Å². The van der Waals surface area contributed by atoms with Crippen molar-refractivity contribution in [3.8, 4) is 11.4 Å². The lowest BCUT2D eigenvalue weighted by Gasteiger charge is -2.05. The van der Waals surface area contributed by atoms with Gasteiger partial charge in [0.05, 0.1) is 5.69 Å². The van der Waals surface area contributed by atoms with E-state index < -0.39 is 0 Å². The fraction of sp³-hybridized carbons (Fsp3) is 0.267. The van der Waals surface area contributed by atoms with Gasteiger partial charge in [-0.15, -0.1) is 10.2 Å². The maximum absolute atomic E-state index is 5.07. The van der Waals surface area contributed by atoms with Crippen LogP contribution in [0.5, 0.6) is 0 Å². The van der Waals surface area contributed by atoms with Crippen LogP contribution in [0.4, 0.5) is 0 Å². The first-order valence-corrected chi connectivity index (χ1v) is 7.64. The summed E-state index contributed by atoms with van der Waals surface area (Å²) >= 11 is 1.60. The lowest BCUT2D eigenvalue weighted by molar-refractivity contribution is 0.393. The Morgan fingerprint density at radius 3 is 2.71 bits per heavy atom. The molecule has 0 aliphatic rings. The summed E-state index contributed by atoms with van der Waals surface area (Å²) in [5, 5.41) is 13.4. The molecule has 0 spiro atoms. The van der Waals surface area contributed by atoms with Crippen LogP contribution in [0.25, 0.3) is 11.4 Å². The lowest BCUT2D eigenvalue weighted by atomic mass is 10.1. The van der Waals surface area contributed by atoms with Gasteiger partial charge in [-0.25, -0.2) is 0 Å². The van der Waals surface area contributed by atoms with Gasteiger partial charge in [-0.05, 0) is 19.4 Å². The Hall–Kier alpha value is -2.08. The second-order valence-electron chi connectivity index (χ2n) is 4.90. The predicted octanol–water partition coefficient (Wildman–Crippen LogP) is 3.38. The van der Waals surface area contributed by atoms with Crippen LogP contribution in [0, 0.1) is 13.8 Å². The molecular formula is C15H16N4OS. The van der Waals surface area contributed by atoms with Crippen LogP contribution >= 0.6 is 11.8 Å². The van der Waals surface area contributed by atoms with Crippen LogP contribution in [0.15, 0.2) is 40.0 Å². The molecular weight excluding hydrogens is 284 g/mol. The van der Waals surface area contributed by atoms with E-state index in [9.17, 15) is 0 Å². The summed E-state index contributed by atoms with van der Waals surface area (Å²) in [5.41, 5.74) is 3.21. The summed E-state index contributed by atoms with van der Waals surface area (Å²) in [7, 11) is 1.98. The van der Waals surface area contributed by atoms with Crippen LogP contribution < -0.4 is 0 Å². The zero-order chi connectivity index (χ0) is 14.8. The molecule has 0 fully saturated rings. The Kier molecular flexibility index (Phi) is 3.79. The van der Waals surface area contributed by atoms with Crippen molar-refractivity contribution in [2.75, 3.05) is 0 Å². The SMILES string of the molecule is Cc1cc(CSc2nnc(-c3ccccc3C)n2C)no1. The van der Waals surface area contributed by atoms with Crippen LogP contribution in [-0.2, 0) is 12.8 Å². The standard InChI is InChI=1S/C15H16N4OS/c1-10-6-4-5-7-13(10)14-16-17-15(19(14)3)21-9-12-8-11(2)20-18-12/h4-8H,9H2,1-3H3. The van der Waals surface area contributed by atoms with E-state index >= 15 is 0 Å². The van der Waals surface area contributed by atoms with E-state index in [-0.39, 0.29) is 0 Å². The Bertz CT molecular complexity index is 763. The Labute approximate surface area is 127 Å². The smallest absolute Gasteiger partial charge is 0.191 e. The molecule has 2 heterocycles. The monoisotopic (exact) mass is 300 g/mol. The molecule has 0 bridgehead atoms. The Morgan fingerprint density at radius 2 is 2.00 bits per heavy atom. The highest BCUT2D eigenvalue weighted by molar-refractivity contribution is 7.98. The van der Waals surface area contributed by atoms with E-state index in [0.29, 0.717) is 0 Å². The van der Waals surface area contributed by atoms with Gasteiger partial charge in [0.1, 0.15) is 5.76 Å². The van der Waals surface area contributed by atoms with Crippen LogP contribution in [0.3, 0.4) is 0 Å². The first-order valence-electron chi connectivity index (χ1n) is 6.65. The maximum atomic E-state index is 5.07. The molecule has 2 aromatic heterocycles. The summed E-state index contributed by atoms with van der Waals surface area (Å²) in [6, 6.07) is 10.1. The van der Waals surface area contributed by atoms with Crippen molar-refractivity contribution in [1.29, 1.82) is 0 Å². The molecule has 0 aliphatic heterocycles. The van der Waals surface area contributed by atoms with E-state index in [1.165, 1.54) is 5.56 Å². The minimum atomic E-state index is 0.719. The maximum Gasteiger partial charge on any atom is 0.191 e. The molecule has 3 rings (SSSR count). The zero-order valence-electron chi connectivity index (χ0n) is 12.2. The third-order valence-electron chi connectivity index (χ3n) is 3.25. The first kappa shape index (κ1) is 13.9. The average molecular weight is 300 g/mol. The molecule has 108 valence electrons. The summed E-state index contributed by atoms with van der Waals surface area (Å²) in [6.07, 6.45) is 0. The van der Waals surface area contributed by atoms with Crippen molar-refractivity contribution in [1.82, 2.24) is 19.9 Å². The molecule has 0 saturated carbocycles. The lowest BCUT2D eigenvalue weighted by Crippen LogP contribution is -1.96. The topological polar surface area (TPSA) is 56.7 Å². The normalized spacial score (nSPS) is 11.0. The van der Waals surface area contributed by atoms with E-state index in [2.05, 4.69) is 34.4 Å². The second-order valence-corrected chi connectivity index (χ2v) is 5.84. The van der Waals surface area contributed by atoms with Crippen molar-refractivity contribution < 1.29 is 4.52 Å². The summed E-state index contributed by atoms with van der Waals surface area (Å²) in [4.78, 5) is 0. The number of hydrogen-bond acceptors (Lipinski definition) is 5. The number of benzene rings is 1. The minimum absolute atomic E-state index is 0.719. The molecule has 0 atom stereocenters. The van der Waals surface area contributed by atoms with E-state index in [1.54, 1.807) is 11.8 Å². The largest absolute Gasteiger partial charge is 0.361 e. The Morgan fingerprint density at radius 1 is 1.19 bits per heavy atom. The first-order chi connectivity index (χ1) is 10.1. The van der Waals surface area contributed by atoms with Gasteiger partial charge in [-0.1, -0.05) is 41.2 Å². The quantitative estimate of drug-likeness (QED) is 0.691. The van der Waals surface area contributed by atoms with Crippen molar-refractivity contribution in [3.05, 3.63) is 47.3 Å². The van der Waals surface area contributed by atoms with Gasteiger partial charge in [0.2, 0.25) is 0 Å². The molecule has 0 amide bonds. The molecule has 0 aliphatic carbocycles. The number of thioether (sulfide) groups is 1. The average Bonchev–Trinajstić information content (AvgIpc) is 3.04. The molecule has 5 nitrogen and oxygen atoms in total. The van der Waals surface area contributed by atoms with Gasteiger partial charge in [0.25, 0.3) is 0 Å². The van der Waals surface area contributed by atoms with Crippen molar-refractivity contribution in [2.24, 2.45) is 7.05 Å². The van der Waals surface area contributed by atoms with E-state index in [1.807, 2.05) is 36.7 Å². The number of rotatable bonds is 4. The molecule has 0 radical (unpaired) electrons. The Balaban J connectivity index is 1.81. The van der Waals surface area contributed by atoms with Gasteiger partial charge in [0.15, 0.2) is 11.0 Å². The third-order valence-corrected chi connectivity index (χ3v) is 4.30. The van der Waals surface area contributed by atoms with E-state index in [0.717, 1.165) is 33.8 Å². The highest BCUT2D eigenvalue weighted by atomic mass is 32.2. The van der Waals surface area contributed by atoms with E-state index in [4.69, 9.17) is 4.52 Å². The summed E-state index contributed by atoms with van der Waals surface area (Å²) < 4.78 is 7.08.